The maximum atomic E-state index is 11.9. The fraction of sp³-hybridized carbons (Fsp3) is 0.0769. The minimum atomic E-state index is -0.589. The Bertz CT molecular complexity index is 689. The van der Waals surface area contributed by atoms with Gasteiger partial charge in [-0.25, -0.2) is 4.98 Å². The van der Waals surface area contributed by atoms with Gasteiger partial charge in [0.25, 0.3) is 11.8 Å². The Morgan fingerprint density at radius 1 is 1.05 bits per heavy atom. The summed E-state index contributed by atoms with van der Waals surface area (Å²) in [7, 11) is 0. The third kappa shape index (κ3) is 3.90. The van der Waals surface area contributed by atoms with Crippen molar-refractivity contribution in [1.29, 1.82) is 0 Å². The minimum absolute atomic E-state index is 0.0816. The summed E-state index contributed by atoms with van der Waals surface area (Å²) in [6.45, 7) is 1.75. The van der Waals surface area contributed by atoms with Gasteiger partial charge in [0, 0.05) is 11.2 Å². The predicted octanol–water partition coefficient (Wildman–Crippen LogP) is 2.17. The largest absolute Gasteiger partial charge is 0.289 e. The first-order valence-corrected chi connectivity index (χ1v) is 6.57. The first-order valence-electron chi connectivity index (χ1n) is 5.82. The molecule has 8 heteroatoms. The molecule has 0 saturated heterocycles. The highest BCUT2D eigenvalue weighted by Gasteiger charge is 2.13. The summed E-state index contributed by atoms with van der Waals surface area (Å²) >= 11 is 11.7. The molecule has 0 spiro atoms. The number of hydrogen-bond acceptors (Lipinski definition) is 4. The Labute approximate surface area is 130 Å². The molecule has 0 saturated carbocycles. The molecule has 0 bridgehead atoms. The molecule has 21 heavy (non-hydrogen) atoms. The van der Waals surface area contributed by atoms with Crippen molar-refractivity contribution in [2.24, 2.45) is 0 Å². The molecule has 0 aliphatic rings. The van der Waals surface area contributed by atoms with Crippen LogP contribution in [0.1, 0.15) is 26.5 Å². The molecule has 0 radical (unpaired) electrons. The van der Waals surface area contributed by atoms with Gasteiger partial charge in [-0.1, -0.05) is 23.2 Å². The van der Waals surface area contributed by atoms with Crippen molar-refractivity contribution in [2.75, 3.05) is 0 Å². The lowest BCUT2D eigenvalue weighted by Gasteiger charge is -2.08. The number of halogens is 2. The molecule has 1 aromatic carbocycles. The normalized spacial score (nSPS) is 10.0. The second kappa shape index (κ2) is 6.51. The zero-order chi connectivity index (χ0) is 15.4. The number of nitrogens with one attached hydrogen (secondary N) is 2. The number of carbonyl (C=O) groups excluding carboxylic acids is 2. The summed E-state index contributed by atoms with van der Waals surface area (Å²) < 4.78 is 0. The molecular weight excluding hydrogens is 315 g/mol. The summed E-state index contributed by atoms with van der Waals surface area (Å²) in [6.07, 6.45) is 2.76. The van der Waals surface area contributed by atoms with Gasteiger partial charge in [-0.15, -0.1) is 0 Å². The van der Waals surface area contributed by atoms with Crippen LogP contribution in [0.4, 0.5) is 0 Å². The molecule has 0 aliphatic carbocycles. The Morgan fingerprint density at radius 3 is 2.43 bits per heavy atom. The van der Waals surface area contributed by atoms with E-state index in [4.69, 9.17) is 23.2 Å². The van der Waals surface area contributed by atoms with Gasteiger partial charge in [0.2, 0.25) is 0 Å². The van der Waals surface area contributed by atoms with E-state index in [9.17, 15) is 9.59 Å². The average Bonchev–Trinajstić information content (AvgIpc) is 2.47. The third-order valence-corrected chi connectivity index (χ3v) is 3.04. The second-order valence-electron chi connectivity index (χ2n) is 4.08. The highest BCUT2D eigenvalue weighted by molar-refractivity contribution is 6.35. The van der Waals surface area contributed by atoms with Gasteiger partial charge in [0.15, 0.2) is 0 Å². The van der Waals surface area contributed by atoms with Crippen LogP contribution in [0.15, 0.2) is 30.6 Å². The quantitative estimate of drug-likeness (QED) is 0.829. The van der Waals surface area contributed by atoms with Crippen molar-refractivity contribution in [3.63, 3.8) is 0 Å². The van der Waals surface area contributed by atoms with E-state index in [0.717, 1.165) is 0 Å². The summed E-state index contributed by atoms with van der Waals surface area (Å²) in [4.78, 5) is 31.5. The molecule has 2 amide bonds. The topological polar surface area (TPSA) is 84.0 Å². The average molecular weight is 325 g/mol. The van der Waals surface area contributed by atoms with E-state index in [1.165, 1.54) is 24.5 Å². The molecule has 108 valence electrons. The van der Waals surface area contributed by atoms with Crippen LogP contribution < -0.4 is 10.9 Å². The van der Waals surface area contributed by atoms with Gasteiger partial charge in [-0.05, 0) is 25.1 Å². The highest BCUT2D eigenvalue weighted by atomic mass is 35.5. The molecule has 2 aromatic rings. The van der Waals surface area contributed by atoms with Gasteiger partial charge in [-0.2, -0.15) is 0 Å². The number of aromatic nitrogens is 2. The maximum absolute atomic E-state index is 11.9. The summed E-state index contributed by atoms with van der Waals surface area (Å²) in [5.74, 6) is -1.18. The predicted molar refractivity (Wildman–Crippen MR) is 78.2 cm³/mol. The van der Waals surface area contributed by atoms with Crippen LogP contribution in [0.2, 0.25) is 10.0 Å². The van der Waals surface area contributed by atoms with Gasteiger partial charge >= 0.3 is 0 Å². The van der Waals surface area contributed by atoms with E-state index >= 15 is 0 Å². The zero-order valence-electron chi connectivity index (χ0n) is 10.9. The van der Waals surface area contributed by atoms with Crippen LogP contribution in [0, 0.1) is 6.92 Å². The first-order chi connectivity index (χ1) is 9.97. The number of rotatable bonds is 2. The molecule has 0 unspecified atom stereocenters. The Balaban J connectivity index is 2.02. The van der Waals surface area contributed by atoms with E-state index in [1.54, 1.807) is 13.0 Å². The molecule has 1 aromatic heterocycles. The summed E-state index contributed by atoms with van der Waals surface area (Å²) in [5, 5.41) is 0.585. The summed E-state index contributed by atoms with van der Waals surface area (Å²) in [5.41, 5.74) is 5.37. The summed E-state index contributed by atoms with van der Waals surface area (Å²) in [6, 6.07) is 4.45. The molecule has 6 nitrogen and oxygen atoms in total. The van der Waals surface area contributed by atoms with Crippen LogP contribution in [0.25, 0.3) is 0 Å². The lowest BCUT2D eigenvalue weighted by molar-refractivity contribution is 0.0843. The van der Waals surface area contributed by atoms with E-state index in [-0.39, 0.29) is 16.3 Å². The molecular formula is C13H10Cl2N4O2. The number of hydrazine groups is 1. The van der Waals surface area contributed by atoms with Crippen molar-refractivity contribution in [3.8, 4) is 0 Å². The molecule has 0 fully saturated rings. The zero-order valence-corrected chi connectivity index (χ0v) is 12.4. The van der Waals surface area contributed by atoms with Crippen molar-refractivity contribution < 1.29 is 9.59 Å². The van der Waals surface area contributed by atoms with Crippen molar-refractivity contribution in [2.45, 2.75) is 6.92 Å². The van der Waals surface area contributed by atoms with Crippen LogP contribution in [0.5, 0.6) is 0 Å². The van der Waals surface area contributed by atoms with Crippen molar-refractivity contribution in [1.82, 2.24) is 20.8 Å². The standard InChI is InChI=1S/C13H10Cl2N4O2/c1-7-5-17-11(6-16-7)13(21)19-18-12(20)9-4-8(14)2-3-10(9)15/h2-6H,1H3,(H,18,20)(H,19,21). The number of benzene rings is 1. The van der Waals surface area contributed by atoms with Crippen LogP contribution in [0.3, 0.4) is 0 Å². The van der Waals surface area contributed by atoms with E-state index in [0.29, 0.717) is 10.7 Å². The number of amides is 2. The third-order valence-electron chi connectivity index (χ3n) is 2.48. The molecule has 0 aliphatic heterocycles. The van der Waals surface area contributed by atoms with Crippen LogP contribution in [-0.2, 0) is 0 Å². The fourth-order valence-corrected chi connectivity index (χ4v) is 1.80. The van der Waals surface area contributed by atoms with E-state index < -0.39 is 11.8 Å². The molecule has 1 heterocycles. The Morgan fingerprint density at radius 2 is 1.76 bits per heavy atom. The lowest BCUT2D eigenvalue weighted by Crippen LogP contribution is -2.42. The fourth-order valence-electron chi connectivity index (χ4n) is 1.43. The van der Waals surface area contributed by atoms with Gasteiger partial charge in [-0.3, -0.25) is 25.4 Å². The Kier molecular flexibility index (Phi) is 4.72. The van der Waals surface area contributed by atoms with Crippen LogP contribution >= 0.6 is 23.2 Å². The Hall–Kier alpha value is -2.18. The van der Waals surface area contributed by atoms with Crippen molar-refractivity contribution >= 4 is 35.0 Å². The number of hydrogen-bond donors (Lipinski definition) is 2. The number of nitrogens with zero attached hydrogens (tertiary/aromatic N) is 2. The number of carbonyl (C=O) groups is 2. The SMILES string of the molecule is Cc1cnc(C(=O)NNC(=O)c2cc(Cl)ccc2Cl)cn1. The smallest absolute Gasteiger partial charge is 0.267 e. The minimum Gasteiger partial charge on any atom is -0.267 e. The highest BCUT2D eigenvalue weighted by Crippen LogP contribution is 2.20. The van der Waals surface area contributed by atoms with Crippen LogP contribution in [-0.4, -0.2) is 21.8 Å². The second-order valence-corrected chi connectivity index (χ2v) is 4.92. The number of aryl methyl sites for hydroxylation is 1. The molecule has 0 atom stereocenters. The first kappa shape index (κ1) is 15.2. The molecule has 2 rings (SSSR count). The van der Waals surface area contributed by atoms with Gasteiger partial charge in [0.1, 0.15) is 5.69 Å². The molecule has 2 N–H and O–H groups in total. The van der Waals surface area contributed by atoms with Crippen molar-refractivity contribution in [3.05, 3.63) is 57.6 Å². The van der Waals surface area contributed by atoms with E-state index in [1.807, 2.05) is 0 Å². The maximum Gasteiger partial charge on any atom is 0.289 e. The monoisotopic (exact) mass is 324 g/mol. The van der Waals surface area contributed by atoms with Gasteiger partial charge < -0.3 is 0 Å². The lowest BCUT2D eigenvalue weighted by atomic mass is 10.2. The van der Waals surface area contributed by atoms with E-state index in [2.05, 4.69) is 20.8 Å². The van der Waals surface area contributed by atoms with Gasteiger partial charge in [0.05, 0.1) is 22.5 Å².